The van der Waals surface area contributed by atoms with E-state index in [4.69, 9.17) is 38.3 Å². The second-order valence-corrected chi connectivity index (χ2v) is 10.5. The lowest BCUT2D eigenvalue weighted by Gasteiger charge is -2.29. The van der Waals surface area contributed by atoms with Gasteiger partial charge < -0.3 is 19.7 Å². The highest BCUT2D eigenvalue weighted by molar-refractivity contribution is 7.80. The molecule has 7 nitrogen and oxygen atoms in total. The third-order valence-electron chi connectivity index (χ3n) is 6.41. The maximum Gasteiger partial charge on any atom is 0.194 e. The number of nitrogens with one attached hydrogen (secondary N) is 1. The summed E-state index contributed by atoms with van der Waals surface area (Å²) in [6, 6.07) is 23.6. The number of nitrogens with zero attached hydrogens (tertiary/aromatic N) is 4. The average Bonchev–Trinajstić information content (AvgIpc) is 3.66. The molecule has 6 rings (SSSR count). The van der Waals surface area contributed by atoms with Gasteiger partial charge in [-0.05, 0) is 66.8 Å². The second kappa shape index (κ2) is 10.7. The van der Waals surface area contributed by atoms with Crippen LogP contribution in [0.3, 0.4) is 0 Å². The van der Waals surface area contributed by atoms with Crippen molar-refractivity contribution in [3.8, 4) is 10.9 Å². The third-order valence-corrected chi connectivity index (χ3v) is 8.05. The van der Waals surface area contributed by atoms with Crippen LogP contribution in [0.25, 0.3) is 15.3 Å². The van der Waals surface area contributed by atoms with Gasteiger partial charge in [0.15, 0.2) is 10.2 Å². The maximum atomic E-state index is 6.65. The van der Waals surface area contributed by atoms with Crippen LogP contribution in [0.1, 0.15) is 23.5 Å². The van der Waals surface area contributed by atoms with E-state index in [1.807, 2.05) is 66.9 Å². The number of para-hydroxylation sites is 1. The first kappa shape index (κ1) is 24.8. The first-order valence-electron chi connectivity index (χ1n) is 12.1. The van der Waals surface area contributed by atoms with Crippen molar-refractivity contribution in [3.05, 3.63) is 102 Å². The largest absolute Gasteiger partial charge is 0.490 e. The van der Waals surface area contributed by atoms with Gasteiger partial charge in [-0.1, -0.05) is 41.1 Å². The van der Waals surface area contributed by atoms with Gasteiger partial charge in [0.2, 0.25) is 0 Å². The van der Waals surface area contributed by atoms with Gasteiger partial charge in [-0.3, -0.25) is 9.55 Å². The van der Waals surface area contributed by atoms with Gasteiger partial charge in [0.1, 0.15) is 18.4 Å². The van der Waals surface area contributed by atoms with Crippen molar-refractivity contribution in [2.45, 2.75) is 12.1 Å². The number of aromatic nitrogens is 3. The van der Waals surface area contributed by atoms with Crippen LogP contribution in [0.5, 0.6) is 5.75 Å². The number of hydrogen-bond donors (Lipinski definition) is 1. The lowest BCUT2D eigenvalue weighted by Crippen LogP contribution is -2.30. The maximum absolute atomic E-state index is 6.65. The molecule has 1 fully saturated rings. The summed E-state index contributed by atoms with van der Waals surface area (Å²) in [4.78, 5) is 11.7. The number of hydrogen-bond acceptors (Lipinski definition) is 6. The Kier molecular flexibility index (Phi) is 6.99. The first-order valence-corrected chi connectivity index (χ1v) is 13.7. The Balaban J connectivity index is 1.44. The molecule has 0 saturated carbocycles. The smallest absolute Gasteiger partial charge is 0.194 e. The van der Waals surface area contributed by atoms with Gasteiger partial charge in [-0.2, -0.15) is 0 Å². The molecule has 0 aliphatic carbocycles. The Morgan fingerprint density at radius 3 is 2.71 bits per heavy atom. The molecule has 0 spiro atoms. The Hall–Kier alpha value is -3.50. The minimum Gasteiger partial charge on any atom is -0.490 e. The van der Waals surface area contributed by atoms with Crippen LogP contribution < -0.4 is 15.0 Å². The predicted molar refractivity (Wildman–Crippen MR) is 156 cm³/mol. The molecular weight excluding hydrogens is 538 g/mol. The molecule has 3 aromatic heterocycles. The third kappa shape index (κ3) is 4.63. The number of fused-ring (bicyclic) bond motifs is 1. The molecular formula is C28H24ClN5O2S2. The summed E-state index contributed by atoms with van der Waals surface area (Å²) in [6.45, 7) is 0.897. The number of anilines is 1. The van der Waals surface area contributed by atoms with Crippen molar-refractivity contribution in [3.63, 3.8) is 0 Å². The molecule has 1 N–H and O–H groups in total. The molecule has 38 heavy (non-hydrogen) atoms. The van der Waals surface area contributed by atoms with Gasteiger partial charge in [0, 0.05) is 25.2 Å². The highest BCUT2D eigenvalue weighted by Gasteiger charge is 2.42. The van der Waals surface area contributed by atoms with Gasteiger partial charge in [0.05, 0.1) is 39.3 Å². The Morgan fingerprint density at radius 1 is 1.05 bits per heavy atom. The molecule has 0 unspecified atom stereocenters. The number of rotatable bonds is 8. The van der Waals surface area contributed by atoms with Crippen LogP contribution in [0.15, 0.2) is 85.2 Å². The van der Waals surface area contributed by atoms with E-state index in [1.165, 1.54) is 0 Å². The predicted octanol–water partition coefficient (Wildman–Crippen LogP) is 6.34. The number of ether oxygens (including phenoxy) is 2. The Morgan fingerprint density at radius 2 is 1.92 bits per heavy atom. The van der Waals surface area contributed by atoms with Crippen LogP contribution in [0, 0.1) is 0 Å². The summed E-state index contributed by atoms with van der Waals surface area (Å²) in [7, 11) is 1.64. The highest BCUT2D eigenvalue weighted by atomic mass is 35.5. The molecule has 192 valence electrons. The van der Waals surface area contributed by atoms with Crippen LogP contribution in [0.4, 0.5) is 5.69 Å². The van der Waals surface area contributed by atoms with E-state index in [1.54, 1.807) is 24.6 Å². The van der Waals surface area contributed by atoms with Crippen LogP contribution in [0.2, 0.25) is 5.02 Å². The van der Waals surface area contributed by atoms with Crippen molar-refractivity contribution in [1.29, 1.82) is 0 Å². The molecule has 1 aliphatic rings. The molecule has 0 amide bonds. The van der Waals surface area contributed by atoms with Crippen LogP contribution in [-0.4, -0.2) is 40.0 Å². The van der Waals surface area contributed by atoms with E-state index in [-0.39, 0.29) is 12.1 Å². The summed E-state index contributed by atoms with van der Waals surface area (Å²) in [5.41, 5.74) is 3.75. The molecule has 5 aromatic rings. The van der Waals surface area contributed by atoms with Crippen molar-refractivity contribution in [1.82, 2.24) is 19.9 Å². The number of benzene rings is 2. The van der Waals surface area contributed by atoms with Crippen molar-refractivity contribution in [2.75, 3.05) is 25.2 Å². The van der Waals surface area contributed by atoms with E-state index in [0.717, 1.165) is 32.4 Å². The second-order valence-electron chi connectivity index (χ2n) is 8.72. The van der Waals surface area contributed by atoms with E-state index < -0.39 is 0 Å². The van der Waals surface area contributed by atoms with Crippen molar-refractivity contribution >= 4 is 56.2 Å². The van der Waals surface area contributed by atoms with Gasteiger partial charge in [-0.25, -0.2) is 4.98 Å². The summed E-state index contributed by atoms with van der Waals surface area (Å²) in [6.07, 6.45) is 3.84. The Labute approximate surface area is 234 Å². The molecule has 1 saturated heterocycles. The van der Waals surface area contributed by atoms with Crippen molar-refractivity contribution < 1.29 is 9.47 Å². The van der Waals surface area contributed by atoms with Crippen LogP contribution in [-0.2, 0) is 4.74 Å². The monoisotopic (exact) mass is 561 g/mol. The van der Waals surface area contributed by atoms with Gasteiger partial charge in [-0.15, -0.1) is 0 Å². The van der Waals surface area contributed by atoms with Gasteiger partial charge in [0.25, 0.3) is 0 Å². The highest BCUT2D eigenvalue weighted by Crippen LogP contribution is 2.44. The minimum absolute atomic E-state index is 0.192. The zero-order chi connectivity index (χ0) is 26.1. The summed E-state index contributed by atoms with van der Waals surface area (Å²) < 4.78 is 14.1. The van der Waals surface area contributed by atoms with Crippen LogP contribution >= 0.6 is 35.2 Å². The van der Waals surface area contributed by atoms with Gasteiger partial charge >= 0.3 is 0 Å². The molecule has 2 aromatic carbocycles. The SMILES string of the molecule is COCCOc1ccc(N2C(=S)N[C@H](c3ccccn3)[C@@H]2c2cccn2-c2nc3ccccc3s2)cc1Cl. The lowest BCUT2D eigenvalue weighted by atomic mass is 10.0. The normalized spacial score (nSPS) is 17.2. The van der Waals surface area contributed by atoms with Crippen molar-refractivity contribution in [2.24, 2.45) is 0 Å². The molecule has 4 heterocycles. The molecule has 0 radical (unpaired) electrons. The van der Waals surface area contributed by atoms with E-state index in [9.17, 15) is 0 Å². The first-order chi connectivity index (χ1) is 18.6. The van der Waals surface area contributed by atoms with E-state index in [0.29, 0.717) is 29.1 Å². The zero-order valence-electron chi connectivity index (χ0n) is 20.5. The van der Waals surface area contributed by atoms with E-state index >= 15 is 0 Å². The molecule has 0 bridgehead atoms. The topological polar surface area (TPSA) is 64.4 Å². The fourth-order valence-electron chi connectivity index (χ4n) is 4.70. The molecule has 2 atom stereocenters. The fraction of sp³-hybridized carbons (Fsp3) is 0.179. The summed E-state index contributed by atoms with van der Waals surface area (Å²) >= 11 is 14.2. The zero-order valence-corrected chi connectivity index (χ0v) is 22.8. The molecule has 1 aliphatic heterocycles. The summed E-state index contributed by atoms with van der Waals surface area (Å²) in [5.74, 6) is 0.598. The fourth-order valence-corrected chi connectivity index (χ4v) is 6.24. The number of halogens is 1. The molecule has 10 heteroatoms. The average molecular weight is 562 g/mol. The number of thiazole rings is 1. The lowest BCUT2D eigenvalue weighted by molar-refractivity contribution is 0.146. The summed E-state index contributed by atoms with van der Waals surface area (Å²) in [5, 5.41) is 5.50. The standard InChI is InChI=1S/C28H24ClN5O2S2/c1-35-15-16-36-23-12-11-18(17-19(23)29)34-26(25(32-27(34)37)21-8-4-5-13-30-21)22-9-6-14-33(22)28-31-20-7-2-3-10-24(20)38-28/h2-14,17,25-26H,15-16H2,1H3,(H,32,37)/t25-,26+/m1/s1. The number of methoxy groups -OCH3 is 1. The minimum atomic E-state index is -0.212. The number of thiocarbonyl (C=S) groups is 1. The quantitative estimate of drug-likeness (QED) is 0.175. The number of pyridine rings is 1. The van der Waals surface area contributed by atoms with E-state index in [2.05, 4.69) is 31.9 Å². The Bertz CT molecular complexity index is 1560.